The van der Waals surface area contributed by atoms with E-state index in [0.29, 0.717) is 26.1 Å². The summed E-state index contributed by atoms with van der Waals surface area (Å²) >= 11 is 0. The number of nitrogens with one attached hydrogen (secondary N) is 1. The highest BCUT2D eigenvalue weighted by Gasteiger charge is 2.32. The van der Waals surface area contributed by atoms with E-state index < -0.39 is 10.0 Å². The summed E-state index contributed by atoms with van der Waals surface area (Å²) < 4.78 is 26.7. The molecule has 1 saturated heterocycles. The van der Waals surface area contributed by atoms with E-state index in [1.54, 1.807) is 12.1 Å². The lowest BCUT2D eigenvalue weighted by atomic mass is 9.98. The molecule has 2 rings (SSSR count). The standard InChI is InChI=1S/C17H27N3O3S/c1-14(10-18)11-19-17(21)16-8-5-9-20(12-16)24(22,23)13-15-6-3-2-4-7-15/h2-4,6-7,14,16H,5,8-13,18H2,1H3,(H,19,21). The van der Waals surface area contributed by atoms with Crippen molar-refractivity contribution in [1.82, 2.24) is 9.62 Å². The largest absolute Gasteiger partial charge is 0.356 e. The molecular weight excluding hydrogens is 326 g/mol. The number of amides is 1. The molecule has 0 aliphatic carbocycles. The van der Waals surface area contributed by atoms with Gasteiger partial charge in [0.05, 0.1) is 11.7 Å². The lowest BCUT2D eigenvalue weighted by molar-refractivity contribution is -0.126. The van der Waals surface area contributed by atoms with Crippen LogP contribution < -0.4 is 11.1 Å². The Bertz CT molecular complexity index is 634. The van der Waals surface area contributed by atoms with E-state index in [0.717, 1.165) is 12.0 Å². The summed E-state index contributed by atoms with van der Waals surface area (Å²) in [5, 5.41) is 2.88. The fraction of sp³-hybridized carbons (Fsp3) is 0.588. The van der Waals surface area contributed by atoms with Gasteiger partial charge in [0.1, 0.15) is 0 Å². The highest BCUT2D eigenvalue weighted by Crippen LogP contribution is 2.21. The first kappa shape index (κ1) is 18.9. The first-order valence-electron chi connectivity index (χ1n) is 8.42. The summed E-state index contributed by atoms with van der Waals surface area (Å²) in [5.41, 5.74) is 6.31. The molecule has 1 heterocycles. The van der Waals surface area contributed by atoms with Crippen molar-refractivity contribution in [3.05, 3.63) is 35.9 Å². The van der Waals surface area contributed by atoms with Gasteiger partial charge in [0.2, 0.25) is 15.9 Å². The number of hydrogen-bond acceptors (Lipinski definition) is 4. The van der Waals surface area contributed by atoms with Crippen LogP contribution in [0.5, 0.6) is 0 Å². The van der Waals surface area contributed by atoms with Crippen molar-refractivity contribution in [2.24, 2.45) is 17.6 Å². The molecule has 0 aromatic heterocycles. The molecule has 3 N–H and O–H groups in total. The molecule has 1 aromatic carbocycles. The third-order valence-corrected chi connectivity index (χ3v) is 6.18. The molecule has 1 aliphatic rings. The molecule has 2 unspecified atom stereocenters. The predicted molar refractivity (Wildman–Crippen MR) is 94.6 cm³/mol. The van der Waals surface area contributed by atoms with Crippen LogP contribution in [-0.2, 0) is 20.6 Å². The van der Waals surface area contributed by atoms with E-state index in [2.05, 4.69) is 5.32 Å². The van der Waals surface area contributed by atoms with Crippen LogP contribution in [0.3, 0.4) is 0 Å². The smallest absolute Gasteiger partial charge is 0.224 e. The molecule has 6 nitrogen and oxygen atoms in total. The number of benzene rings is 1. The maximum Gasteiger partial charge on any atom is 0.224 e. The monoisotopic (exact) mass is 353 g/mol. The van der Waals surface area contributed by atoms with Gasteiger partial charge in [-0.1, -0.05) is 37.3 Å². The number of carbonyl (C=O) groups is 1. The van der Waals surface area contributed by atoms with Crippen LogP contribution in [0.2, 0.25) is 0 Å². The molecule has 1 amide bonds. The van der Waals surface area contributed by atoms with Gasteiger partial charge in [0.15, 0.2) is 0 Å². The van der Waals surface area contributed by atoms with Gasteiger partial charge in [-0.05, 0) is 30.9 Å². The van der Waals surface area contributed by atoms with Crippen molar-refractivity contribution in [3.63, 3.8) is 0 Å². The molecule has 24 heavy (non-hydrogen) atoms. The van der Waals surface area contributed by atoms with Crippen molar-refractivity contribution in [1.29, 1.82) is 0 Å². The normalized spacial score (nSPS) is 20.5. The summed E-state index contributed by atoms with van der Waals surface area (Å²) in [4.78, 5) is 12.3. The van der Waals surface area contributed by atoms with Gasteiger partial charge in [-0.25, -0.2) is 12.7 Å². The zero-order valence-corrected chi connectivity index (χ0v) is 15.0. The van der Waals surface area contributed by atoms with Gasteiger partial charge < -0.3 is 11.1 Å². The van der Waals surface area contributed by atoms with Crippen molar-refractivity contribution in [3.8, 4) is 0 Å². The van der Waals surface area contributed by atoms with E-state index in [1.165, 1.54) is 4.31 Å². The number of sulfonamides is 1. The van der Waals surface area contributed by atoms with Crippen LogP contribution in [0.25, 0.3) is 0 Å². The van der Waals surface area contributed by atoms with Gasteiger partial charge in [-0.3, -0.25) is 4.79 Å². The quantitative estimate of drug-likeness (QED) is 0.763. The minimum Gasteiger partial charge on any atom is -0.356 e. The number of hydrogen-bond donors (Lipinski definition) is 2. The summed E-state index contributed by atoms with van der Waals surface area (Å²) in [6, 6.07) is 9.13. The number of piperidine rings is 1. The molecular formula is C17H27N3O3S. The summed E-state index contributed by atoms with van der Waals surface area (Å²) in [5.74, 6) is -0.161. The number of carbonyl (C=O) groups excluding carboxylic acids is 1. The summed E-state index contributed by atoms with van der Waals surface area (Å²) in [6.07, 6.45) is 1.43. The van der Waals surface area contributed by atoms with Crippen molar-refractivity contribution >= 4 is 15.9 Å². The Morgan fingerprint density at radius 1 is 1.38 bits per heavy atom. The third kappa shape index (κ3) is 5.29. The van der Waals surface area contributed by atoms with Gasteiger partial charge in [-0.2, -0.15) is 0 Å². The second kappa shape index (κ2) is 8.60. The second-order valence-corrected chi connectivity index (χ2v) is 8.49. The van der Waals surface area contributed by atoms with Crippen LogP contribution in [-0.4, -0.2) is 44.8 Å². The zero-order valence-electron chi connectivity index (χ0n) is 14.1. The molecule has 0 radical (unpaired) electrons. The van der Waals surface area contributed by atoms with Crippen LogP contribution >= 0.6 is 0 Å². The molecule has 0 spiro atoms. The molecule has 1 aliphatic heterocycles. The predicted octanol–water partition coefficient (Wildman–Crippen LogP) is 0.939. The lowest BCUT2D eigenvalue weighted by Gasteiger charge is -2.31. The minimum absolute atomic E-state index is 0.0214. The van der Waals surface area contributed by atoms with Gasteiger partial charge >= 0.3 is 0 Å². The average Bonchev–Trinajstić information content (AvgIpc) is 2.60. The number of nitrogens with zero attached hydrogens (tertiary/aromatic N) is 1. The first-order chi connectivity index (χ1) is 11.4. The van der Waals surface area contributed by atoms with Gasteiger partial charge in [0.25, 0.3) is 0 Å². The SMILES string of the molecule is CC(CN)CNC(=O)C1CCCN(S(=O)(=O)Cc2ccccc2)C1. The second-order valence-electron chi connectivity index (χ2n) is 6.53. The van der Waals surface area contributed by atoms with E-state index in [1.807, 2.05) is 25.1 Å². The first-order valence-corrected chi connectivity index (χ1v) is 10.0. The molecule has 0 saturated carbocycles. The number of rotatable bonds is 7. The van der Waals surface area contributed by atoms with Crippen LogP contribution in [0, 0.1) is 11.8 Å². The van der Waals surface area contributed by atoms with Crippen LogP contribution in [0.15, 0.2) is 30.3 Å². The molecule has 1 fully saturated rings. The van der Waals surface area contributed by atoms with Crippen LogP contribution in [0.4, 0.5) is 0 Å². The Hall–Kier alpha value is -1.44. The Morgan fingerprint density at radius 3 is 2.75 bits per heavy atom. The highest BCUT2D eigenvalue weighted by atomic mass is 32.2. The maximum atomic E-state index is 12.6. The van der Waals surface area contributed by atoms with Gasteiger partial charge in [0, 0.05) is 19.6 Å². The average molecular weight is 353 g/mol. The van der Waals surface area contributed by atoms with E-state index in [9.17, 15) is 13.2 Å². The Labute approximate surface area is 144 Å². The topological polar surface area (TPSA) is 92.5 Å². The minimum atomic E-state index is -3.41. The van der Waals surface area contributed by atoms with Crippen molar-refractivity contribution in [2.75, 3.05) is 26.2 Å². The van der Waals surface area contributed by atoms with Crippen molar-refractivity contribution < 1.29 is 13.2 Å². The molecule has 1 aromatic rings. The zero-order chi connectivity index (χ0) is 17.6. The van der Waals surface area contributed by atoms with Crippen LogP contribution in [0.1, 0.15) is 25.3 Å². The highest BCUT2D eigenvalue weighted by molar-refractivity contribution is 7.88. The molecule has 2 atom stereocenters. The summed E-state index contributed by atoms with van der Waals surface area (Å²) in [6.45, 7) is 3.76. The lowest BCUT2D eigenvalue weighted by Crippen LogP contribution is -2.46. The fourth-order valence-electron chi connectivity index (χ4n) is 2.79. The Kier molecular flexibility index (Phi) is 6.77. The fourth-order valence-corrected chi connectivity index (χ4v) is 4.40. The Balaban J connectivity index is 1.95. The van der Waals surface area contributed by atoms with E-state index in [4.69, 9.17) is 5.73 Å². The van der Waals surface area contributed by atoms with Crippen molar-refractivity contribution in [2.45, 2.75) is 25.5 Å². The maximum absolute atomic E-state index is 12.6. The summed E-state index contributed by atoms with van der Waals surface area (Å²) in [7, 11) is -3.41. The molecule has 0 bridgehead atoms. The van der Waals surface area contributed by atoms with E-state index >= 15 is 0 Å². The van der Waals surface area contributed by atoms with Gasteiger partial charge in [-0.15, -0.1) is 0 Å². The number of nitrogens with two attached hydrogens (primary N) is 1. The Morgan fingerprint density at radius 2 is 2.08 bits per heavy atom. The molecule has 134 valence electrons. The third-order valence-electron chi connectivity index (χ3n) is 4.37. The van der Waals surface area contributed by atoms with E-state index in [-0.39, 0.29) is 30.0 Å². The molecule has 7 heteroatoms.